The fourth-order valence-electron chi connectivity index (χ4n) is 2.34. The zero-order valence-corrected chi connectivity index (χ0v) is 13.8. The molecule has 7 heteroatoms. The van der Waals surface area contributed by atoms with Gasteiger partial charge in [-0.1, -0.05) is 17.3 Å². The lowest BCUT2D eigenvalue weighted by Crippen LogP contribution is -2.23. The molecule has 25 heavy (non-hydrogen) atoms. The summed E-state index contributed by atoms with van der Waals surface area (Å²) in [6.07, 6.45) is 5.32. The molecule has 1 aliphatic heterocycles. The van der Waals surface area contributed by atoms with Gasteiger partial charge in [-0.05, 0) is 30.3 Å². The van der Waals surface area contributed by atoms with Crippen LogP contribution in [0.4, 0.5) is 4.79 Å². The molecule has 1 aliphatic rings. The second-order valence-corrected chi connectivity index (χ2v) is 5.57. The molecule has 1 aromatic carbocycles. The van der Waals surface area contributed by atoms with Crippen LogP contribution in [0.2, 0.25) is 0 Å². The minimum absolute atomic E-state index is 0.0411. The Balaban J connectivity index is 1.59. The predicted molar refractivity (Wildman–Crippen MR) is 91.7 cm³/mol. The van der Waals surface area contributed by atoms with Crippen LogP contribution in [0.25, 0.3) is 11.3 Å². The maximum absolute atomic E-state index is 10.6. The van der Waals surface area contributed by atoms with Crippen LogP contribution < -0.4 is 10.5 Å². The highest BCUT2D eigenvalue weighted by atomic mass is 16.6. The summed E-state index contributed by atoms with van der Waals surface area (Å²) in [5, 5.41) is 3.95. The van der Waals surface area contributed by atoms with Crippen LogP contribution in [0.3, 0.4) is 0 Å². The number of carbonyl (C=O) groups is 1. The second-order valence-electron chi connectivity index (χ2n) is 5.57. The number of amides is 1. The van der Waals surface area contributed by atoms with Crippen molar-refractivity contribution in [2.75, 3.05) is 20.2 Å². The highest BCUT2D eigenvalue weighted by Crippen LogP contribution is 2.23. The standard InChI is InChI=1S/C18H19N3O4/c1-21-9-3-2-4-14(21)11-23-15-7-5-13(6-8-15)17-10-16(25-20-17)12-24-18(19)22/h2-8,10H,9,11-12H2,1H3,(H2,19,22). The largest absolute Gasteiger partial charge is 0.487 e. The predicted octanol–water partition coefficient (Wildman–Crippen LogP) is 2.70. The van der Waals surface area contributed by atoms with E-state index in [1.165, 1.54) is 0 Å². The Bertz CT molecular complexity index is 793. The smallest absolute Gasteiger partial charge is 0.404 e. The van der Waals surface area contributed by atoms with Crippen molar-refractivity contribution in [3.8, 4) is 17.0 Å². The topological polar surface area (TPSA) is 90.8 Å². The van der Waals surface area contributed by atoms with Gasteiger partial charge in [-0.2, -0.15) is 0 Å². The maximum Gasteiger partial charge on any atom is 0.404 e. The van der Waals surface area contributed by atoms with E-state index in [0.717, 1.165) is 23.6 Å². The van der Waals surface area contributed by atoms with Crippen molar-refractivity contribution in [2.24, 2.45) is 5.73 Å². The van der Waals surface area contributed by atoms with Crippen molar-refractivity contribution in [2.45, 2.75) is 6.61 Å². The lowest BCUT2D eigenvalue weighted by Gasteiger charge is -2.23. The highest BCUT2D eigenvalue weighted by Gasteiger charge is 2.09. The summed E-state index contributed by atoms with van der Waals surface area (Å²) in [6, 6.07) is 9.24. The number of allylic oxidation sites excluding steroid dienone is 2. The summed E-state index contributed by atoms with van der Waals surface area (Å²) in [6.45, 7) is 1.36. The summed E-state index contributed by atoms with van der Waals surface area (Å²) >= 11 is 0. The van der Waals surface area contributed by atoms with E-state index in [0.29, 0.717) is 18.1 Å². The first kappa shape index (κ1) is 16.6. The molecule has 0 radical (unpaired) electrons. The molecule has 0 atom stereocenters. The molecule has 0 bridgehead atoms. The van der Waals surface area contributed by atoms with E-state index in [4.69, 9.17) is 15.0 Å². The number of aromatic nitrogens is 1. The SMILES string of the molecule is CN1CC=CC=C1COc1ccc(-c2cc(COC(N)=O)on2)cc1. The highest BCUT2D eigenvalue weighted by molar-refractivity contribution is 5.64. The lowest BCUT2D eigenvalue weighted by atomic mass is 10.1. The number of rotatable bonds is 6. The number of carbonyl (C=O) groups excluding carboxylic acids is 1. The third kappa shape index (κ3) is 4.41. The van der Waals surface area contributed by atoms with Gasteiger partial charge >= 0.3 is 6.09 Å². The van der Waals surface area contributed by atoms with Crippen molar-refractivity contribution in [3.63, 3.8) is 0 Å². The van der Waals surface area contributed by atoms with Gasteiger partial charge in [-0.3, -0.25) is 0 Å². The van der Waals surface area contributed by atoms with E-state index in [1.54, 1.807) is 6.07 Å². The van der Waals surface area contributed by atoms with E-state index in [1.807, 2.05) is 43.5 Å². The van der Waals surface area contributed by atoms with E-state index in [9.17, 15) is 4.79 Å². The molecule has 2 N–H and O–H groups in total. The number of hydrogen-bond donors (Lipinski definition) is 1. The molecule has 7 nitrogen and oxygen atoms in total. The van der Waals surface area contributed by atoms with Crippen LogP contribution in [0.15, 0.2) is 58.8 Å². The van der Waals surface area contributed by atoms with Crippen LogP contribution in [0, 0.1) is 0 Å². The number of primary amides is 1. The van der Waals surface area contributed by atoms with E-state index >= 15 is 0 Å². The van der Waals surface area contributed by atoms with Gasteiger partial charge in [0.15, 0.2) is 12.4 Å². The zero-order valence-electron chi connectivity index (χ0n) is 13.8. The average Bonchev–Trinajstić information content (AvgIpc) is 3.09. The average molecular weight is 341 g/mol. The lowest BCUT2D eigenvalue weighted by molar-refractivity contribution is 0.137. The Morgan fingerprint density at radius 3 is 2.84 bits per heavy atom. The number of hydrogen-bond acceptors (Lipinski definition) is 6. The number of nitrogens with zero attached hydrogens (tertiary/aromatic N) is 2. The molecule has 2 aromatic rings. The van der Waals surface area contributed by atoms with Crippen LogP contribution in [-0.4, -0.2) is 36.3 Å². The molecule has 0 fully saturated rings. The minimum atomic E-state index is -0.853. The van der Waals surface area contributed by atoms with E-state index in [2.05, 4.69) is 20.9 Å². The monoisotopic (exact) mass is 341 g/mol. The Morgan fingerprint density at radius 2 is 2.12 bits per heavy atom. The molecule has 0 saturated heterocycles. The molecule has 0 saturated carbocycles. The quantitative estimate of drug-likeness (QED) is 0.869. The number of ether oxygens (including phenoxy) is 2. The summed E-state index contributed by atoms with van der Waals surface area (Å²) in [5.41, 5.74) is 7.57. The molecule has 3 rings (SSSR count). The summed E-state index contributed by atoms with van der Waals surface area (Å²) < 4.78 is 15.6. The number of nitrogens with two attached hydrogens (primary N) is 1. The molecule has 0 unspecified atom stereocenters. The van der Waals surface area contributed by atoms with Gasteiger partial charge in [-0.25, -0.2) is 4.79 Å². The number of benzene rings is 1. The van der Waals surface area contributed by atoms with Crippen LogP contribution in [0.1, 0.15) is 5.76 Å². The van der Waals surface area contributed by atoms with Gasteiger partial charge in [-0.15, -0.1) is 0 Å². The van der Waals surface area contributed by atoms with Crippen molar-refractivity contribution >= 4 is 6.09 Å². The fraction of sp³-hybridized carbons (Fsp3) is 0.222. The molecule has 1 aromatic heterocycles. The summed E-state index contributed by atoms with van der Waals surface area (Å²) in [7, 11) is 2.03. The number of likely N-dealkylation sites (N-methyl/N-ethyl adjacent to an activating group) is 1. The Kier molecular flexibility index (Phi) is 5.03. The van der Waals surface area contributed by atoms with Crippen molar-refractivity contribution < 1.29 is 18.8 Å². The molecular formula is C18H19N3O4. The maximum atomic E-state index is 10.6. The second kappa shape index (κ2) is 7.57. The third-order valence-electron chi connectivity index (χ3n) is 3.75. The Hall–Kier alpha value is -3.22. The van der Waals surface area contributed by atoms with Crippen molar-refractivity contribution in [1.29, 1.82) is 0 Å². The normalized spacial score (nSPS) is 13.5. The zero-order chi connectivity index (χ0) is 17.6. The Labute approximate surface area is 145 Å². The van der Waals surface area contributed by atoms with Crippen LogP contribution in [0.5, 0.6) is 5.75 Å². The van der Waals surface area contributed by atoms with Gasteiger partial charge in [0.2, 0.25) is 0 Å². The molecule has 2 heterocycles. The first-order valence-electron chi connectivity index (χ1n) is 7.80. The summed E-state index contributed by atoms with van der Waals surface area (Å²) in [4.78, 5) is 12.7. The van der Waals surface area contributed by atoms with Gasteiger partial charge in [0.05, 0.1) is 5.70 Å². The van der Waals surface area contributed by atoms with Gasteiger partial charge in [0.1, 0.15) is 18.1 Å². The van der Waals surface area contributed by atoms with Crippen LogP contribution in [-0.2, 0) is 11.3 Å². The first-order chi connectivity index (χ1) is 12.1. The van der Waals surface area contributed by atoms with E-state index < -0.39 is 6.09 Å². The summed E-state index contributed by atoms with van der Waals surface area (Å²) in [5.74, 6) is 1.20. The van der Waals surface area contributed by atoms with Crippen molar-refractivity contribution in [1.82, 2.24) is 10.1 Å². The minimum Gasteiger partial charge on any atom is -0.487 e. The molecule has 0 aliphatic carbocycles. The fourth-order valence-corrected chi connectivity index (χ4v) is 2.34. The molecule has 1 amide bonds. The first-order valence-corrected chi connectivity index (χ1v) is 7.80. The van der Waals surface area contributed by atoms with Gasteiger partial charge in [0.25, 0.3) is 0 Å². The Morgan fingerprint density at radius 1 is 1.32 bits per heavy atom. The third-order valence-corrected chi connectivity index (χ3v) is 3.75. The molecule has 130 valence electrons. The van der Waals surface area contributed by atoms with Gasteiger partial charge in [0, 0.05) is 25.2 Å². The van der Waals surface area contributed by atoms with E-state index in [-0.39, 0.29) is 6.61 Å². The van der Waals surface area contributed by atoms with Crippen molar-refractivity contribution in [3.05, 3.63) is 60.0 Å². The molecule has 0 spiro atoms. The van der Waals surface area contributed by atoms with Gasteiger partial charge < -0.3 is 24.6 Å². The molecular weight excluding hydrogens is 322 g/mol. The van der Waals surface area contributed by atoms with Crippen LogP contribution >= 0.6 is 0 Å².